The average molecular weight is 397 g/mol. The predicted octanol–water partition coefficient (Wildman–Crippen LogP) is 0.830. The van der Waals surface area contributed by atoms with Gasteiger partial charge in [0.15, 0.2) is 0 Å². The number of amides is 1. The average Bonchev–Trinajstić information content (AvgIpc) is 3.25. The van der Waals surface area contributed by atoms with Crippen LogP contribution < -0.4 is 4.74 Å². The lowest BCUT2D eigenvalue weighted by Crippen LogP contribution is -2.80. The van der Waals surface area contributed by atoms with Crippen molar-refractivity contribution in [2.75, 3.05) is 53.0 Å². The summed E-state index contributed by atoms with van der Waals surface area (Å²) in [5.74, 6) is 0.848. The Hall–Kier alpha value is -2.42. The van der Waals surface area contributed by atoms with Crippen LogP contribution in [0.25, 0.3) is 0 Å². The Morgan fingerprint density at radius 2 is 2.14 bits per heavy atom. The fourth-order valence-electron chi connectivity index (χ4n) is 5.06. The van der Waals surface area contributed by atoms with E-state index in [1.165, 1.54) is 0 Å². The molecule has 1 atom stereocenters. The zero-order valence-electron chi connectivity index (χ0n) is 16.7. The van der Waals surface area contributed by atoms with Crippen LogP contribution in [0, 0.1) is 0 Å². The highest BCUT2D eigenvalue weighted by Crippen LogP contribution is 2.36. The lowest BCUT2D eigenvalue weighted by molar-refractivity contribution is -0.160. The molecule has 3 aliphatic heterocycles. The minimum atomic E-state index is 0.00878. The van der Waals surface area contributed by atoms with Crippen LogP contribution in [0.15, 0.2) is 36.8 Å². The van der Waals surface area contributed by atoms with E-state index in [0.717, 1.165) is 50.8 Å². The molecule has 1 aromatic heterocycles. The van der Waals surface area contributed by atoms with Gasteiger partial charge in [-0.3, -0.25) is 14.6 Å². The molecule has 1 spiro atoms. The molecule has 3 fully saturated rings. The van der Waals surface area contributed by atoms with Gasteiger partial charge in [-0.1, -0.05) is 0 Å². The molecule has 1 aromatic carbocycles. The Bertz CT molecular complexity index is 848. The van der Waals surface area contributed by atoms with E-state index in [9.17, 15) is 4.79 Å². The first-order valence-electron chi connectivity index (χ1n) is 10.1. The molecule has 1 amide bonds. The summed E-state index contributed by atoms with van der Waals surface area (Å²) in [5, 5.41) is 0. The standard InChI is InChI=1S/C21H27N5O3/c1-28-19-4-2-16(3-5-19)20(27)25-10-18-11-29-7-6-26(18)21(14-25)12-24(13-21)9-17-8-22-15-23-17/h2-5,8,15,18H,6-7,9-14H2,1H3,(H,22,23)/t18-/m1/s1. The lowest BCUT2D eigenvalue weighted by Gasteiger charge is -2.63. The van der Waals surface area contributed by atoms with Crippen LogP contribution in [0.1, 0.15) is 16.1 Å². The Kier molecular flexibility index (Phi) is 4.77. The molecule has 1 N–H and O–H groups in total. The van der Waals surface area contributed by atoms with E-state index in [2.05, 4.69) is 19.8 Å². The second kappa shape index (κ2) is 7.44. The van der Waals surface area contributed by atoms with Crippen LogP contribution in [0.2, 0.25) is 0 Å². The fraction of sp³-hybridized carbons (Fsp3) is 0.524. The predicted molar refractivity (Wildman–Crippen MR) is 107 cm³/mol. The summed E-state index contributed by atoms with van der Waals surface area (Å²) in [7, 11) is 1.63. The van der Waals surface area contributed by atoms with Crippen LogP contribution >= 0.6 is 0 Å². The number of fused-ring (bicyclic) bond motifs is 2. The molecule has 8 heteroatoms. The normalized spacial score (nSPS) is 24.2. The van der Waals surface area contributed by atoms with E-state index in [0.29, 0.717) is 18.7 Å². The number of ether oxygens (including phenoxy) is 2. The molecule has 0 unspecified atom stereocenters. The number of aromatic amines is 1. The van der Waals surface area contributed by atoms with Crippen LogP contribution in [0.4, 0.5) is 0 Å². The molecule has 3 saturated heterocycles. The number of imidazole rings is 1. The smallest absolute Gasteiger partial charge is 0.253 e. The SMILES string of the molecule is COc1ccc(C(=O)N2C[C@@H]3COCCN3C3(CN(Cc4cnc[nH]4)C3)C2)cc1. The maximum absolute atomic E-state index is 13.2. The van der Waals surface area contributed by atoms with Crippen LogP contribution in [-0.2, 0) is 11.3 Å². The zero-order chi connectivity index (χ0) is 19.8. The molecule has 2 aromatic rings. The Morgan fingerprint density at radius 3 is 2.86 bits per heavy atom. The largest absolute Gasteiger partial charge is 0.497 e. The van der Waals surface area contributed by atoms with E-state index < -0.39 is 0 Å². The third kappa shape index (κ3) is 3.41. The van der Waals surface area contributed by atoms with Crippen molar-refractivity contribution < 1.29 is 14.3 Å². The molecular weight excluding hydrogens is 370 g/mol. The number of morpholine rings is 1. The number of nitrogens with one attached hydrogen (secondary N) is 1. The maximum atomic E-state index is 13.2. The molecule has 8 nitrogen and oxygen atoms in total. The van der Waals surface area contributed by atoms with Crippen LogP contribution in [0.3, 0.4) is 0 Å². The molecule has 5 rings (SSSR count). The van der Waals surface area contributed by atoms with E-state index in [-0.39, 0.29) is 17.5 Å². The van der Waals surface area contributed by atoms with Crippen LogP contribution in [0.5, 0.6) is 5.75 Å². The third-order valence-corrected chi connectivity index (χ3v) is 6.36. The van der Waals surface area contributed by atoms with Gasteiger partial charge in [-0.2, -0.15) is 0 Å². The zero-order valence-corrected chi connectivity index (χ0v) is 16.7. The molecule has 0 bridgehead atoms. The van der Waals surface area contributed by atoms with Crippen molar-refractivity contribution in [2.24, 2.45) is 0 Å². The van der Waals surface area contributed by atoms with Gasteiger partial charge >= 0.3 is 0 Å². The van der Waals surface area contributed by atoms with Gasteiger partial charge in [0.2, 0.25) is 0 Å². The minimum Gasteiger partial charge on any atom is -0.497 e. The molecule has 154 valence electrons. The van der Waals surface area contributed by atoms with Gasteiger partial charge in [0.1, 0.15) is 5.75 Å². The van der Waals surface area contributed by atoms with Crippen molar-refractivity contribution in [1.29, 1.82) is 0 Å². The number of hydrogen-bond acceptors (Lipinski definition) is 6. The highest BCUT2D eigenvalue weighted by atomic mass is 16.5. The number of carbonyl (C=O) groups is 1. The third-order valence-electron chi connectivity index (χ3n) is 6.36. The first-order valence-corrected chi connectivity index (χ1v) is 10.1. The summed E-state index contributed by atoms with van der Waals surface area (Å²) in [4.78, 5) is 27.6. The number of benzene rings is 1. The molecule has 4 heterocycles. The summed E-state index contributed by atoms with van der Waals surface area (Å²) in [6.07, 6.45) is 3.60. The van der Waals surface area contributed by atoms with Gasteiger partial charge in [0, 0.05) is 56.7 Å². The van der Waals surface area contributed by atoms with E-state index in [4.69, 9.17) is 9.47 Å². The highest BCUT2D eigenvalue weighted by molar-refractivity contribution is 5.94. The van der Waals surface area contributed by atoms with Gasteiger partial charge in [0.05, 0.1) is 38.2 Å². The second-order valence-electron chi connectivity index (χ2n) is 8.28. The summed E-state index contributed by atoms with van der Waals surface area (Å²) in [5.41, 5.74) is 1.84. The summed E-state index contributed by atoms with van der Waals surface area (Å²) >= 11 is 0. The lowest BCUT2D eigenvalue weighted by atomic mass is 9.82. The number of hydrogen-bond donors (Lipinski definition) is 1. The summed E-state index contributed by atoms with van der Waals surface area (Å²) < 4.78 is 11.0. The summed E-state index contributed by atoms with van der Waals surface area (Å²) in [6.45, 7) is 6.64. The van der Waals surface area contributed by atoms with Crippen molar-refractivity contribution >= 4 is 5.91 Å². The number of aromatic nitrogens is 2. The molecular formula is C21H27N5O3. The monoisotopic (exact) mass is 397 g/mol. The number of rotatable bonds is 4. The molecule has 3 aliphatic rings. The number of carbonyl (C=O) groups excluding carboxylic acids is 1. The first kappa shape index (κ1) is 18.6. The highest BCUT2D eigenvalue weighted by Gasteiger charge is 2.54. The van der Waals surface area contributed by atoms with Crippen molar-refractivity contribution in [1.82, 2.24) is 24.7 Å². The molecule has 29 heavy (non-hydrogen) atoms. The van der Waals surface area contributed by atoms with Gasteiger partial charge in [0.25, 0.3) is 5.91 Å². The Morgan fingerprint density at radius 1 is 1.31 bits per heavy atom. The number of nitrogens with zero attached hydrogens (tertiary/aromatic N) is 4. The molecule has 0 radical (unpaired) electrons. The first-order chi connectivity index (χ1) is 14.2. The number of methoxy groups -OCH3 is 1. The maximum Gasteiger partial charge on any atom is 0.253 e. The van der Waals surface area contributed by atoms with Gasteiger partial charge in [-0.15, -0.1) is 0 Å². The van der Waals surface area contributed by atoms with E-state index in [1.54, 1.807) is 13.4 Å². The quantitative estimate of drug-likeness (QED) is 0.824. The minimum absolute atomic E-state index is 0.00878. The van der Waals surface area contributed by atoms with Crippen LogP contribution in [-0.4, -0.2) is 95.2 Å². The second-order valence-corrected chi connectivity index (χ2v) is 8.28. The summed E-state index contributed by atoms with van der Waals surface area (Å²) in [6, 6.07) is 7.65. The Balaban J connectivity index is 1.33. The van der Waals surface area contributed by atoms with Crippen molar-refractivity contribution in [2.45, 2.75) is 18.1 Å². The number of piperazine rings is 1. The molecule has 0 aliphatic carbocycles. The fourth-order valence-corrected chi connectivity index (χ4v) is 5.06. The molecule has 0 saturated carbocycles. The Labute approximate surface area is 170 Å². The van der Waals surface area contributed by atoms with Crippen molar-refractivity contribution in [3.63, 3.8) is 0 Å². The number of H-pyrrole nitrogens is 1. The number of likely N-dealkylation sites (tertiary alicyclic amines) is 1. The van der Waals surface area contributed by atoms with Crippen molar-refractivity contribution in [3.8, 4) is 5.75 Å². The van der Waals surface area contributed by atoms with Gasteiger partial charge < -0.3 is 19.4 Å². The van der Waals surface area contributed by atoms with E-state index >= 15 is 0 Å². The van der Waals surface area contributed by atoms with Crippen molar-refractivity contribution in [3.05, 3.63) is 48.0 Å². The van der Waals surface area contributed by atoms with Gasteiger partial charge in [-0.25, -0.2) is 4.98 Å². The van der Waals surface area contributed by atoms with E-state index in [1.807, 2.05) is 35.4 Å². The topological polar surface area (TPSA) is 73.9 Å². The van der Waals surface area contributed by atoms with Gasteiger partial charge in [-0.05, 0) is 24.3 Å².